The van der Waals surface area contributed by atoms with Gasteiger partial charge < -0.3 is 5.32 Å². The first kappa shape index (κ1) is 15.3. The topological polar surface area (TPSA) is 59.8 Å². The summed E-state index contributed by atoms with van der Waals surface area (Å²) in [7, 11) is 0. The van der Waals surface area contributed by atoms with Gasteiger partial charge in [-0.25, -0.2) is 9.67 Å². The quantitative estimate of drug-likeness (QED) is 0.601. The number of amides is 1. The Morgan fingerprint density at radius 3 is 2.44 bits per heavy atom. The van der Waals surface area contributed by atoms with Gasteiger partial charge in [0.25, 0.3) is 5.91 Å². The maximum absolute atomic E-state index is 12.4. The van der Waals surface area contributed by atoms with E-state index in [0.29, 0.717) is 11.5 Å². The first-order valence-corrected chi connectivity index (χ1v) is 8.61. The maximum atomic E-state index is 12.4. The molecule has 2 aromatic carbocycles. The monoisotopic (exact) mass is 346 g/mol. The Kier molecular flexibility index (Phi) is 4.10. The van der Waals surface area contributed by atoms with E-state index in [4.69, 9.17) is 0 Å². The Labute approximate surface area is 148 Å². The largest absolute Gasteiger partial charge is 0.304 e. The second-order valence-corrected chi connectivity index (χ2v) is 6.20. The highest BCUT2D eigenvalue weighted by Crippen LogP contribution is 2.23. The smallest absolute Gasteiger partial charge is 0.276 e. The van der Waals surface area contributed by atoms with Gasteiger partial charge in [0.1, 0.15) is 10.7 Å². The van der Waals surface area contributed by atoms with Crippen LogP contribution in [0.3, 0.4) is 0 Å². The summed E-state index contributed by atoms with van der Waals surface area (Å²) in [5.74, 6) is 0.222. The standard InChI is InChI=1S/C19H14N4OS/c24-18(16-13-25-19(20-16)14-7-3-1-4-8-14)21-17-11-12-23(22-17)15-9-5-2-6-10-15/h1-13H,(H,21,22,24). The zero-order valence-corrected chi connectivity index (χ0v) is 14.0. The minimum absolute atomic E-state index is 0.267. The van der Waals surface area contributed by atoms with Gasteiger partial charge in [0.05, 0.1) is 5.69 Å². The highest BCUT2D eigenvalue weighted by molar-refractivity contribution is 7.13. The van der Waals surface area contributed by atoms with Crippen LogP contribution >= 0.6 is 11.3 Å². The van der Waals surface area contributed by atoms with Crippen LogP contribution < -0.4 is 5.32 Å². The number of hydrogen-bond acceptors (Lipinski definition) is 4. The summed E-state index contributed by atoms with van der Waals surface area (Å²) in [4.78, 5) is 16.8. The van der Waals surface area contributed by atoms with Gasteiger partial charge in [-0.1, -0.05) is 48.5 Å². The summed E-state index contributed by atoms with van der Waals surface area (Å²) in [6, 6.07) is 21.3. The van der Waals surface area contributed by atoms with Crippen molar-refractivity contribution in [3.05, 3.63) is 84.0 Å². The maximum Gasteiger partial charge on any atom is 0.276 e. The van der Waals surface area contributed by atoms with Gasteiger partial charge in [-0.15, -0.1) is 11.3 Å². The van der Waals surface area contributed by atoms with Crippen molar-refractivity contribution in [1.29, 1.82) is 0 Å². The lowest BCUT2D eigenvalue weighted by Crippen LogP contribution is -2.13. The molecule has 1 N–H and O–H groups in total. The van der Waals surface area contributed by atoms with Gasteiger partial charge in [0.2, 0.25) is 0 Å². The van der Waals surface area contributed by atoms with Crippen LogP contribution in [-0.2, 0) is 0 Å². The number of benzene rings is 2. The number of nitrogens with one attached hydrogen (secondary N) is 1. The average molecular weight is 346 g/mol. The van der Waals surface area contributed by atoms with Crippen LogP contribution in [0.25, 0.3) is 16.3 Å². The van der Waals surface area contributed by atoms with E-state index >= 15 is 0 Å². The van der Waals surface area contributed by atoms with E-state index in [1.54, 1.807) is 22.3 Å². The summed E-state index contributed by atoms with van der Waals surface area (Å²) in [5.41, 5.74) is 2.32. The molecular formula is C19H14N4OS. The molecule has 0 aliphatic heterocycles. The molecule has 5 nitrogen and oxygen atoms in total. The van der Waals surface area contributed by atoms with Crippen LogP contribution in [0.15, 0.2) is 78.3 Å². The van der Waals surface area contributed by atoms with Crippen LogP contribution in [0.5, 0.6) is 0 Å². The minimum Gasteiger partial charge on any atom is -0.304 e. The zero-order valence-electron chi connectivity index (χ0n) is 13.2. The number of carbonyl (C=O) groups is 1. The molecule has 0 saturated carbocycles. The van der Waals surface area contributed by atoms with E-state index in [2.05, 4.69) is 15.4 Å². The fraction of sp³-hybridized carbons (Fsp3) is 0. The zero-order chi connectivity index (χ0) is 17.1. The van der Waals surface area contributed by atoms with E-state index in [-0.39, 0.29) is 5.91 Å². The van der Waals surface area contributed by atoms with E-state index in [1.807, 2.05) is 60.7 Å². The number of thiazole rings is 1. The van der Waals surface area contributed by atoms with Crippen LogP contribution in [0, 0.1) is 0 Å². The van der Waals surface area contributed by atoms with Gasteiger partial charge in [0, 0.05) is 23.2 Å². The Morgan fingerprint density at radius 1 is 0.960 bits per heavy atom. The fourth-order valence-electron chi connectivity index (χ4n) is 2.39. The summed E-state index contributed by atoms with van der Waals surface area (Å²) < 4.78 is 1.71. The Morgan fingerprint density at radius 2 is 1.68 bits per heavy atom. The van der Waals surface area contributed by atoms with Gasteiger partial charge >= 0.3 is 0 Å². The molecule has 0 spiro atoms. The molecule has 0 aliphatic carbocycles. The lowest BCUT2D eigenvalue weighted by atomic mass is 10.2. The third-order valence-corrected chi connectivity index (χ3v) is 4.50. The summed E-state index contributed by atoms with van der Waals surface area (Å²) in [5, 5.41) is 9.73. The van der Waals surface area contributed by atoms with Gasteiger partial charge in [0.15, 0.2) is 5.82 Å². The molecule has 0 saturated heterocycles. The van der Waals surface area contributed by atoms with E-state index in [9.17, 15) is 4.79 Å². The molecule has 122 valence electrons. The lowest BCUT2D eigenvalue weighted by molar-refractivity contribution is 0.102. The van der Waals surface area contributed by atoms with Crippen LogP contribution in [0.1, 0.15) is 10.5 Å². The predicted molar refractivity (Wildman–Crippen MR) is 99.1 cm³/mol. The van der Waals surface area contributed by atoms with Crippen molar-refractivity contribution < 1.29 is 4.79 Å². The van der Waals surface area contributed by atoms with Crippen LogP contribution in [0.2, 0.25) is 0 Å². The van der Waals surface area contributed by atoms with Gasteiger partial charge in [-0.3, -0.25) is 4.79 Å². The SMILES string of the molecule is O=C(Nc1ccn(-c2ccccc2)n1)c1csc(-c2ccccc2)n1. The minimum atomic E-state index is -0.267. The third kappa shape index (κ3) is 3.34. The number of nitrogens with zero attached hydrogens (tertiary/aromatic N) is 3. The molecule has 1 amide bonds. The molecule has 0 aliphatic rings. The summed E-state index contributed by atoms with van der Waals surface area (Å²) >= 11 is 1.45. The lowest BCUT2D eigenvalue weighted by Gasteiger charge is -2.01. The number of aromatic nitrogens is 3. The highest BCUT2D eigenvalue weighted by atomic mass is 32.1. The third-order valence-electron chi connectivity index (χ3n) is 3.61. The van der Waals surface area contributed by atoms with Crippen molar-refractivity contribution in [2.75, 3.05) is 5.32 Å². The van der Waals surface area contributed by atoms with Crippen molar-refractivity contribution in [2.24, 2.45) is 0 Å². The molecule has 0 unspecified atom stereocenters. The number of para-hydroxylation sites is 1. The first-order chi connectivity index (χ1) is 12.3. The molecule has 6 heteroatoms. The van der Waals surface area contributed by atoms with Gasteiger partial charge in [-0.05, 0) is 12.1 Å². The van der Waals surface area contributed by atoms with Crippen LogP contribution in [-0.4, -0.2) is 20.7 Å². The first-order valence-electron chi connectivity index (χ1n) is 7.73. The average Bonchev–Trinajstić information content (AvgIpc) is 3.33. The van der Waals surface area contributed by atoms with E-state index in [1.165, 1.54) is 11.3 Å². The molecule has 4 aromatic rings. The molecular weight excluding hydrogens is 332 g/mol. The molecule has 2 heterocycles. The molecule has 0 fully saturated rings. The van der Waals surface area contributed by atoms with Crippen molar-refractivity contribution >= 4 is 23.1 Å². The summed E-state index contributed by atoms with van der Waals surface area (Å²) in [6.07, 6.45) is 1.81. The van der Waals surface area contributed by atoms with Crippen LogP contribution in [0.4, 0.5) is 5.82 Å². The Hall–Kier alpha value is -3.25. The number of anilines is 1. The van der Waals surface area contributed by atoms with Gasteiger partial charge in [-0.2, -0.15) is 5.10 Å². The van der Waals surface area contributed by atoms with Crippen molar-refractivity contribution in [2.45, 2.75) is 0 Å². The van der Waals surface area contributed by atoms with E-state index in [0.717, 1.165) is 16.3 Å². The van der Waals surface area contributed by atoms with E-state index < -0.39 is 0 Å². The Balaban J connectivity index is 1.50. The normalized spacial score (nSPS) is 10.6. The number of carbonyl (C=O) groups excluding carboxylic acids is 1. The Bertz CT molecular complexity index is 992. The highest BCUT2D eigenvalue weighted by Gasteiger charge is 2.13. The van der Waals surface area contributed by atoms with Crippen molar-refractivity contribution in [3.8, 4) is 16.3 Å². The predicted octanol–water partition coefficient (Wildman–Crippen LogP) is 4.25. The summed E-state index contributed by atoms with van der Waals surface area (Å²) in [6.45, 7) is 0. The molecule has 25 heavy (non-hydrogen) atoms. The molecule has 0 radical (unpaired) electrons. The molecule has 0 bridgehead atoms. The molecule has 0 atom stereocenters. The fourth-order valence-corrected chi connectivity index (χ4v) is 3.19. The number of hydrogen-bond donors (Lipinski definition) is 1. The molecule has 4 rings (SSSR count). The number of rotatable bonds is 4. The second-order valence-electron chi connectivity index (χ2n) is 5.34. The molecule has 2 aromatic heterocycles. The van der Waals surface area contributed by atoms with Crippen molar-refractivity contribution in [3.63, 3.8) is 0 Å². The second kappa shape index (κ2) is 6.70. The van der Waals surface area contributed by atoms with Crippen molar-refractivity contribution in [1.82, 2.24) is 14.8 Å².